The Hall–Kier alpha value is -0.550. The van der Waals surface area contributed by atoms with Gasteiger partial charge in [0.25, 0.3) is 6.43 Å². The van der Waals surface area contributed by atoms with E-state index in [4.69, 9.17) is 0 Å². The number of halogens is 3. The molecule has 1 rings (SSSR count). The normalized spacial score (nSPS) is 13.1. The summed E-state index contributed by atoms with van der Waals surface area (Å²) in [6.07, 6.45) is 0.358. The van der Waals surface area contributed by atoms with Crippen molar-refractivity contribution in [2.45, 2.75) is 32.2 Å². The third-order valence-electron chi connectivity index (χ3n) is 2.18. The second-order valence-electron chi connectivity index (χ2n) is 3.57. The molecule has 0 radical (unpaired) electrons. The molecule has 0 aliphatic carbocycles. The standard InChI is InChI=1S/C11H15BrF2N2/c1-2-5-15-10(11(13)14)6-9-4-3-8(12)7-16-9/h3-4,7,10-11,15H,2,5-6H2,1H3. The Morgan fingerprint density at radius 3 is 2.69 bits per heavy atom. The average molecular weight is 293 g/mol. The smallest absolute Gasteiger partial charge is 0.254 e. The Kier molecular flexibility index (Phi) is 5.84. The summed E-state index contributed by atoms with van der Waals surface area (Å²) >= 11 is 3.26. The Morgan fingerprint density at radius 1 is 1.44 bits per heavy atom. The second-order valence-corrected chi connectivity index (χ2v) is 4.48. The number of hydrogen-bond donors (Lipinski definition) is 1. The number of nitrogens with one attached hydrogen (secondary N) is 1. The zero-order valence-corrected chi connectivity index (χ0v) is 10.7. The van der Waals surface area contributed by atoms with Gasteiger partial charge in [0.1, 0.15) is 0 Å². The minimum atomic E-state index is -2.36. The van der Waals surface area contributed by atoms with Crippen LogP contribution in [0.2, 0.25) is 0 Å². The summed E-state index contributed by atoms with van der Waals surface area (Å²) in [5, 5.41) is 2.83. The van der Waals surface area contributed by atoms with Crippen LogP contribution in [-0.4, -0.2) is 24.0 Å². The van der Waals surface area contributed by atoms with Crippen molar-refractivity contribution in [2.75, 3.05) is 6.54 Å². The third-order valence-corrected chi connectivity index (χ3v) is 2.65. The van der Waals surface area contributed by atoms with Crippen molar-refractivity contribution in [1.82, 2.24) is 10.3 Å². The predicted molar refractivity (Wildman–Crippen MR) is 63.7 cm³/mol. The van der Waals surface area contributed by atoms with Gasteiger partial charge in [-0.3, -0.25) is 4.98 Å². The molecular weight excluding hydrogens is 278 g/mol. The first-order valence-corrected chi connectivity index (χ1v) is 6.04. The summed E-state index contributed by atoms with van der Waals surface area (Å²) in [5.74, 6) is 0. The highest BCUT2D eigenvalue weighted by molar-refractivity contribution is 9.10. The van der Waals surface area contributed by atoms with Gasteiger partial charge in [0.2, 0.25) is 0 Å². The monoisotopic (exact) mass is 292 g/mol. The van der Waals surface area contributed by atoms with Crippen molar-refractivity contribution in [1.29, 1.82) is 0 Å². The van der Waals surface area contributed by atoms with E-state index in [0.717, 1.165) is 10.9 Å². The maximum Gasteiger partial charge on any atom is 0.254 e. The Bertz CT molecular complexity index is 303. The van der Waals surface area contributed by atoms with Crippen LogP contribution in [-0.2, 0) is 6.42 Å². The lowest BCUT2D eigenvalue weighted by Crippen LogP contribution is -2.38. The first kappa shape index (κ1) is 13.5. The number of rotatable bonds is 6. The van der Waals surface area contributed by atoms with E-state index in [-0.39, 0.29) is 6.42 Å². The van der Waals surface area contributed by atoms with Crippen molar-refractivity contribution in [2.24, 2.45) is 0 Å². The van der Waals surface area contributed by atoms with Crippen molar-refractivity contribution in [3.05, 3.63) is 28.5 Å². The van der Waals surface area contributed by atoms with Gasteiger partial charge in [-0.25, -0.2) is 8.78 Å². The molecular formula is C11H15BrF2N2. The SMILES string of the molecule is CCCNC(Cc1ccc(Br)cn1)C(F)F. The first-order chi connectivity index (χ1) is 7.63. The summed E-state index contributed by atoms with van der Waals surface area (Å²) < 4.78 is 26.2. The van der Waals surface area contributed by atoms with Crippen LogP contribution in [0.15, 0.2) is 22.8 Å². The molecule has 1 unspecified atom stereocenters. The predicted octanol–water partition coefficient (Wildman–Crippen LogP) is 3.02. The number of alkyl halides is 2. The summed E-state index contributed by atoms with van der Waals surface area (Å²) in [7, 11) is 0. The molecule has 0 aliphatic rings. The van der Waals surface area contributed by atoms with Crippen LogP contribution in [0.3, 0.4) is 0 Å². The van der Waals surface area contributed by atoms with Crippen molar-refractivity contribution in [3.8, 4) is 0 Å². The molecule has 1 aromatic heterocycles. The summed E-state index contributed by atoms with van der Waals surface area (Å²) in [5.41, 5.74) is 0.678. The number of nitrogens with zero attached hydrogens (tertiary/aromatic N) is 1. The van der Waals surface area contributed by atoms with E-state index in [1.165, 1.54) is 0 Å². The molecule has 0 aromatic carbocycles. The minimum Gasteiger partial charge on any atom is -0.309 e. The molecule has 1 heterocycles. The molecule has 0 fully saturated rings. The van der Waals surface area contributed by atoms with E-state index in [1.54, 1.807) is 12.3 Å². The lowest BCUT2D eigenvalue weighted by Gasteiger charge is -2.16. The van der Waals surface area contributed by atoms with E-state index in [9.17, 15) is 8.78 Å². The van der Waals surface area contributed by atoms with Crippen molar-refractivity contribution in [3.63, 3.8) is 0 Å². The summed E-state index contributed by atoms with van der Waals surface area (Å²) in [4.78, 5) is 4.09. The lowest BCUT2D eigenvalue weighted by molar-refractivity contribution is 0.0978. The largest absolute Gasteiger partial charge is 0.309 e. The van der Waals surface area contributed by atoms with Gasteiger partial charge in [-0.1, -0.05) is 6.92 Å². The molecule has 5 heteroatoms. The molecule has 0 spiro atoms. The number of aromatic nitrogens is 1. The quantitative estimate of drug-likeness (QED) is 0.872. The van der Waals surface area contributed by atoms with Crippen LogP contribution >= 0.6 is 15.9 Å². The molecule has 1 N–H and O–H groups in total. The van der Waals surface area contributed by atoms with Crippen LogP contribution < -0.4 is 5.32 Å². The maximum absolute atomic E-state index is 12.7. The summed E-state index contributed by atoms with van der Waals surface area (Å²) in [6, 6.07) is 2.76. The van der Waals surface area contributed by atoms with Gasteiger partial charge < -0.3 is 5.32 Å². The van der Waals surface area contributed by atoms with Gasteiger partial charge in [0.15, 0.2) is 0 Å². The summed E-state index contributed by atoms with van der Waals surface area (Å²) in [6.45, 7) is 2.55. The topological polar surface area (TPSA) is 24.9 Å². The van der Waals surface area contributed by atoms with E-state index >= 15 is 0 Å². The fourth-order valence-corrected chi connectivity index (χ4v) is 1.57. The van der Waals surface area contributed by atoms with Gasteiger partial charge in [-0.15, -0.1) is 0 Å². The molecule has 0 bridgehead atoms. The zero-order valence-electron chi connectivity index (χ0n) is 9.09. The van der Waals surface area contributed by atoms with Gasteiger partial charge >= 0.3 is 0 Å². The fraction of sp³-hybridized carbons (Fsp3) is 0.545. The number of hydrogen-bond acceptors (Lipinski definition) is 2. The average Bonchev–Trinajstić information content (AvgIpc) is 2.26. The molecule has 2 nitrogen and oxygen atoms in total. The van der Waals surface area contributed by atoms with Gasteiger partial charge in [-0.2, -0.15) is 0 Å². The zero-order chi connectivity index (χ0) is 12.0. The molecule has 1 atom stereocenters. The first-order valence-electron chi connectivity index (χ1n) is 5.25. The Labute approximate surface area is 103 Å². The van der Waals surface area contributed by atoms with Crippen LogP contribution in [0.1, 0.15) is 19.0 Å². The molecule has 16 heavy (non-hydrogen) atoms. The fourth-order valence-electron chi connectivity index (χ4n) is 1.33. The Balaban J connectivity index is 2.57. The van der Waals surface area contributed by atoms with Crippen molar-refractivity contribution < 1.29 is 8.78 Å². The van der Waals surface area contributed by atoms with Gasteiger partial charge in [-0.05, 0) is 41.0 Å². The van der Waals surface area contributed by atoms with Gasteiger partial charge in [0, 0.05) is 22.8 Å². The van der Waals surface area contributed by atoms with Crippen LogP contribution in [0.4, 0.5) is 8.78 Å². The maximum atomic E-state index is 12.7. The van der Waals surface area contributed by atoms with E-state index in [1.807, 2.05) is 13.0 Å². The third kappa shape index (κ3) is 4.53. The van der Waals surface area contributed by atoms with Crippen LogP contribution in [0.25, 0.3) is 0 Å². The van der Waals surface area contributed by atoms with Gasteiger partial charge in [0.05, 0.1) is 6.04 Å². The molecule has 0 amide bonds. The van der Waals surface area contributed by atoms with E-state index in [0.29, 0.717) is 12.2 Å². The molecule has 0 saturated heterocycles. The van der Waals surface area contributed by atoms with Crippen molar-refractivity contribution >= 4 is 15.9 Å². The van der Waals surface area contributed by atoms with E-state index in [2.05, 4.69) is 26.2 Å². The molecule has 1 aromatic rings. The minimum absolute atomic E-state index is 0.255. The molecule has 0 saturated carbocycles. The lowest BCUT2D eigenvalue weighted by atomic mass is 10.1. The Morgan fingerprint density at radius 2 is 2.19 bits per heavy atom. The highest BCUT2D eigenvalue weighted by Crippen LogP contribution is 2.11. The highest BCUT2D eigenvalue weighted by Gasteiger charge is 2.20. The molecule has 0 aliphatic heterocycles. The van der Waals surface area contributed by atoms with Crippen LogP contribution in [0.5, 0.6) is 0 Å². The molecule has 90 valence electrons. The van der Waals surface area contributed by atoms with E-state index < -0.39 is 12.5 Å². The highest BCUT2D eigenvalue weighted by atomic mass is 79.9. The van der Waals surface area contributed by atoms with Crippen LogP contribution in [0, 0.1) is 0 Å². The number of pyridine rings is 1. The second kappa shape index (κ2) is 6.91.